The second-order valence-corrected chi connectivity index (χ2v) is 9.32. The lowest BCUT2D eigenvalue weighted by Crippen LogP contribution is -2.57. The number of sulfonamides is 1. The Morgan fingerprint density at radius 3 is 2.29 bits per heavy atom. The lowest BCUT2D eigenvalue weighted by molar-refractivity contribution is -0.136. The van der Waals surface area contributed by atoms with Crippen LogP contribution in [-0.2, 0) is 26.0 Å². The Balaban J connectivity index is 3.37. The molecule has 0 bridgehead atoms. The fourth-order valence-corrected chi connectivity index (χ4v) is 4.79. The zero-order valence-electron chi connectivity index (χ0n) is 17.2. The molecule has 0 heterocycles. The van der Waals surface area contributed by atoms with Crippen LogP contribution in [-0.4, -0.2) is 49.4 Å². The molecule has 8 heteroatoms. The molecular formula is C20H33N3O4S. The predicted octanol–water partition coefficient (Wildman–Crippen LogP) is 1.68. The highest BCUT2D eigenvalue weighted by Gasteiger charge is 2.40. The van der Waals surface area contributed by atoms with Crippen molar-refractivity contribution < 1.29 is 18.0 Å². The number of hydrogen-bond acceptors (Lipinski definition) is 5. The molecule has 0 spiro atoms. The van der Waals surface area contributed by atoms with Crippen molar-refractivity contribution >= 4 is 21.8 Å². The van der Waals surface area contributed by atoms with Crippen molar-refractivity contribution in [3.8, 4) is 0 Å². The largest absolute Gasteiger partial charge is 0.357 e. The number of benzene rings is 1. The Morgan fingerprint density at radius 1 is 1.18 bits per heavy atom. The first kappa shape index (κ1) is 24.1. The second-order valence-electron chi connectivity index (χ2n) is 7.36. The normalized spacial score (nSPS) is 13.8. The first-order valence-electron chi connectivity index (χ1n) is 9.71. The van der Waals surface area contributed by atoms with Crippen LogP contribution >= 0.6 is 0 Å². The van der Waals surface area contributed by atoms with Gasteiger partial charge in [0.05, 0.1) is 11.8 Å². The number of likely N-dealkylation sites (N-methyl/N-ethyl adjacent to an activating group) is 1. The van der Waals surface area contributed by atoms with E-state index >= 15 is 0 Å². The summed E-state index contributed by atoms with van der Waals surface area (Å²) in [5, 5.41) is 2.49. The highest BCUT2D eigenvalue weighted by Crippen LogP contribution is 2.19. The third kappa shape index (κ3) is 6.91. The average molecular weight is 412 g/mol. The van der Waals surface area contributed by atoms with Crippen LogP contribution < -0.4 is 11.1 Å². The van der Waals surface area contributed by atoms with Crippen molar-refractivity contribution in [1.29, 1.82) is 0 Å². The zero-order chi connectivity index (χ0) is 21.3. The lowest BCUT2D eigenvalue weighted by Gasteiger charge is -2.32. The van der Waals surface area contributed by atoms with Gasteiger partial charge in [0.25, 0.3) is 5.91 Å². The molecule has 0 saturated heterocycles. The van der Waals surface area contributed by atoms with Crippen molar-refractivity contribution in [3.63, 3.8) is 0 Å². The van der Waals surface area contributed by atoms with Gasteiger partial charge >= 0.3 is 0 Å². The quantitative estimate of drug-likeness (QED) is 0.576. The van der Waals surface area contributed by atoms with Crippen molar-refractivity contribution in [2.75, 3.05) is 12.8 Å². The molecule has 1 rings (SSSR count). The Bertz CT molecular complexity index is 735. The molecule has 2 atom stereocenters. The van der Waals surface area contributed by atoms with Gasteiger partial charge < -0.3 is 11.1 Å². The average Bonchev–Trinajstić information content (AvgIpc) is 2.65. The number of hydrogen-bond donors (Lipinski definition) is 2. The van der Waals surface area contributed by atoms with Crippen LogP contribution in [0.4, 0.5) is 0 Å². The summed E-state index contributed by atoms with van der Waals surface area (Å²) >= 11 is 0. The molecule has 1 aromatic carbocycles. The van der Waals surface area contributed by atoms with Crippen LogP contribution in [0.3, 0.4) is 0 Å². The van der Waals surface area contributed by atoms with Gasteiger partial charge in [-0.25, -0.2) is 12.7 Å². The summed E-state index contributed by atoms with van der Waals surface area (Å²) in [4.78, 5) is 25.7. The SMILES string of the molecule is CCCCS(=O)(=O)N(C(=O)[C@@H](N)CC(C)C)[C@@H](Cc1ccccc1)C(=O)NC. The standard InChI is InChI=1S/C20H33N3O4S/c1-5-6-12-28(26,27)23(20(25)17(21)13-15(2)3)18(19(24)22-4)14-16-10-8-7-9-11-16/h7-11,15,17-18H,5-6,12-14,21H2,1-4H3,(H,22,24)/t17-,18-/m0/s1. The minimum Gasteiger partial charge on any atom is -0.357 e. The molecule has 0 unspecified atom stereocenters. The van der Waals surface area contributed by atoms with E-state index in [1.807, 2.05) is 26.8 Å². The van der Waals surface area contributed by atoms with Gasteiger partial charge in [0, 0.05) is 13.5 Å². The van der Waals surface area contributed by atoms with E-state index in [0.717, 1.165) is 9.87 Å². The van der Waals surface area contributed by atoms with E-state index < -0.39 is 33.9 Å². The smallest absolute Gasteiger partial charge is 0.253 e. The number of nitrogens with one attached hydrogen (secondary N) is 1. The number of carbonyl (C=O) groups excluding carboxylic acids is 2. The zero-order valence-corrected chi connectivity index (χ0v) is 18.0. The van der Waals surface area contributed by atoms with Gasteiger partial charge in [-0.05, 0) is 24.3 Å². The second kappa shape index (κ2) is 11.2. The van der Waals surface area contributed by atoms with Gasteiger partial charge in [0.2, 0.25) is 15.9 Å². The summed E-state index contributed by atoms with van der Waals surface area (Å²) in [6.45, 7) is 5.68. The van der Waals surface area contributed by atoms with E-state index in [1.165, 1.54) is 7.05 Å². The minimum atomic E-state index is -4.00. The molecule has 0 aliphatic heterocycles. The highest BCUT2D eigenvalue weighted by atomic mass is 32.2. The van der Waals surface area contributed by atoms with E-state index in [4.69, 9.17) is 5.73 Å². The van der Waals surface area contributed by atoms with Crippen LogP contribution in [0.5, 0.6) is 0 Å². The Hall–Kier alpha value is -1.93. The van der Waals surface area contributed by atoms with Gasteiger partial charge in [-0.3, -0.25) is 9.59 Å². The maximum Gasteiger partial charge on any atom is 0.253 e. The van der Waals surface area contributed by atoms with Crippen LogP contribution in [0.25, 0.3) is 0 Å². The van der Waals surface area contributed by atoms with E-state index in [0.29, 0.717) is 19.3 Å². The summed E-state index contributed by atoms with van der Waals surface area (Å²) in [6, 6.07) is 6.87. The maximum absolute atomic E-state index is 13.1. The van der Waals surface area contributed by atoms with Crippen LogP contribution in [0.15, 0.2) is 30.3 Å². The monoisotopic (exact) mass is 411 g/mol. The molecular weight excluding hydrogens is 378 g/mol. The van der Waals surface area contributed by atoms with Gasteiger partial charge in [0.15, 0.2) is 0 Å². The first-order chi connectivity index (χ1) is 13.1. The van der Waals surface area contributed by atoms with E-state index in [1.54, 1.807) is 24.3 Å². The fourth-order valence-electron chi connectivity index (χ4n) is 2.97. The van der Waals surface area contributed by atoms with Gasteiger partial charge in [-0.2, -0.15) is 0 Å². The number of unbranched alkanes of at least 4 members (excludes halogenated alkanes) is 1. The molecule has 0 aliphatic carbocycles. The molecule has 0 aliphatic rings. The minimum absolute atomic E-state index is 0.0893. The molecule has 7 nitrogen and oxygen atoms in total. The molecule has 0 saturated carbocycles. The maximum atomic E-state index is 13.1. The molecule has 2 amide bonds. The molecule has 3 N–H and O–H groups in total. The van der Waals surface area contributed by atoms with Crippen LogP contribution in [0.1, 0.15) is 45.6 Å². The van der Waals surface area contributed by atoms with Gasteiger partial charge in [0.1, 0.15) is 6.04 Å². The Labute approximate surface area is 168 Å². The number of amides is 2. The highest BCUT2D eigenvalue weighted by molar-refractivity contribution is 7.89. The number of rotatable bonds is 11. The molecule has 0 aromatic heterocycles. The summed E-state index contributed by atoms with van der Waals surface area (Å²) in [5.74, 6) is -1.35. The summed E-state index contributed by atoms with van der Waals surface area (Å²) in [7, 11) is -2.57. The molecule has 0 radical (unpaired) electrons. The first-order valence-corrected chi connectivity index (χ1v) is 11.3. The summed E-state index contributed by atoms with van der Waals surface area (Å²) in [5.41, 5.74) is 6.79. The predicted molar refractivity (Wildman–Crippen MR) is 111 cm³/mol. The lowest BCUT2D eigenvalue weighted by atomic mass is 10.0. The van der Waals surface area contributed by atoms with Crippen LogP contribution in [0, 0.1) is 5.92 Å². The third-order valence-corrected chi connectivity index (χ3v) is 6.26. The van der Waals surface area contributed by atoms with Crippen molar-refractivity contribution in [2.45, 2.75) is 58.5 Å². The number of nitrogens with zero attached hydrogens (tertiary/aromatic N) is 1. The summed E-state index contributed by atoms with van der Waals surface area (Å²) < 4.78 is 26.8. The van der Waals surface area contributed by atoms with Gasteiger partial charge in [-0.15, -0.1) is 0 Å². The van der Waals surface area contributed by atoms with Crippen LogP contribution in [0.2, 0.25) is 0 Å². The third-order valence-electron chi connectivity index (χ3n) is 4.42. The fraction of sp³-hybridized carbons (Fsp3) is 0.600. The van der Waals surface area contributed by atoms with E-state index in [9.17, 15) is 18.0 Å². The molecule has 1 aromatic rings. The van der Waals surface area contributed by atoms with Gasteiger partial charge in [-0.1, -0.05) is 57.5 Å². The number of carbonyl (C=O) groups is 2. The molecule has 0 fully saturated rings. The molecule has 158 valence electrons. The van der Waals surface area contributed by atoms with Crippen molar-refractivity contribution in [2.24, 2.45) is 11.7 Å². The molecule has 28 heavy (non-hydrogen) atoms. The summed E-state index contributed by atoms with van der Waals surface area (Å²) in [6.07, 6.45) is 1.48. The Morgan fingerprint density at radius 2 is 1.79 bits per heavy atom. The van der Waals surface area contributed by atoms with E-state index in [2.05, 4.69) is 5.32 Å². The number of nitrogens with two attached hydrogens (primary N) is 1. The van der Waals surface area contributed by atoms with Crippen molar-refractivity contribution in [3.05, 3.63) is 35.9 Å². The topological polar surface area (TPSA) is 110 Å². The van der Waals surface area contributed by atoms with E-state index in [-0.39, 0.29) is 18.1 Å². The Kier molecular flexibility index (Phi) is 9.61. The van der Waals surface area contributed by atoms with Crippen molar-refractivity contribution in [1.82, 2.24) is 9.62 Å².